The van der Waals surface area contributed by atoms with Crippen LogP contribution in [0.3, 0.4) is 0 Å². The van der Waals surface area contributed by atoms with Crippen molar-refractivity contribution in [2.75, 3.05) is 0 Å². The van der Waals surface area contributed by atoms with Crippen molar-refractivity contribution in [3.63, 3.8) is 0 Å². The summed E-state index contributed by atoms with van der Waals surface area (Å²) in [5.74, 6) is -0.124. The van der Waals surface area contributed by atoms with Crippen molar-refractivity contribution in [3.05, 3.63) is 90.3 Å². The highest BCUT2D eigenvalue weighted by atomic mass is 16.1. The van der Waals surface area contributed by atoms with E-state index in [-0.39, 0.29) is 5.91 Å². The topological polar surface area (TPSA) is 46.9 Å². The number of aromatic nitrogens is 2. The number of hydrogen-bond donors (Lipinski definition) is 1. The first-order valence-electron chi connectivity index (χ1n) is 7.41. The summed E-state index contributed by atoms with van der Waals surface area (Å²) in [6.45, 7) is 0.449. The summed E-state index contributed by atoms with van der Waals surface area (Å²) in [7, 11) is 0. The van der Waals surface area contributed by atoms with Gasteiger partial charge in [-0.3, -0.25) is 4.79 Å². The molecule has 2 aromatic carbocycles. The van der Waals surface area contributed by atoms with E-state index in [4.69, 9.17) is 0 Å². The highest BCUT2D eigenvalue weighted by Gasteiger charge is 2.02. The Morgan fingerprint density at radius 1 is 1.04 bits per heavy atom. The van der Waals surface area contributed by atoms with Gasteiger partial charge in [0.25, 0.3) is 0 Å². The van der Waals surface area contributed by atoms with Gasteiger partial charge < -0.3 is 5.32 Å². The number of carbonyl (C=O) groups excluding carboxylic acids is 1. The Morgan fingerprint density at radius 3 is 2.48 bits per heavy atom. The van der Waals surface area contributed by atoms with Gasteiger partial charge >= 0.3 is 0 Å². The predicted molar refractivity (Wildman–Crippen MR) is 90.9 cm³/mol. The number of nitrogens with zero attached hydrogens (tertiary/aromatic N) is 2. The van der Waals surface area contributed by atoms with Crippen LogP contribution >= 0.6 is 0 Å². The summed E-state index contributed by atoms with van der Waals surface area (Å²) >= 11 is 0. The zero-order valence-corrected chi connectivity index (χ0v) is 12.6. The molecule has 4 heteroatoms. The van der Waals surface area contributed by atoms with Gasteiger partial charge in [0.1, 0.15) is 0 Å². The molecule has 23 heavy (non-hydrogen) atoms. The summed E-state index contributed by atoms with van der Waals surface area (Å²) < 4.78 is 1.79. The highest BCUT2D eigenvalue weighted by Crippen LogP contribution is 2.07. The van der Waals surface area contributed by atoms with Crippen LogP contribution in [-0.2, 0) is 11.3 Å². The lowest BCUT2D eigenvalue weighted by molar-refractivity contribution is -0.116. The van der Waals surface area contributed by atoms with Crippen molar-refractivity contribution >= 4 is 12.0 Å². The third-order valence-electron chi connectivity index (χ3n) is 3.35. The SMILES string of the molecule is O=C(C=Cc1ccccc1)NCc1cnn(-c2ccccc2)c1. The molecular weight excluding hydrogens is 286 g/mol. The number of carbonyl (C=O) groups is 1. The minimum Gasteiger partial charge on any atom is -0.348 e. The van der Waals surface area contributed by atoms with Gasteiger partial charge in [0.05, 0.1) is 11.9 Å². The van der Waals surface area contributed by atoms with Crippen molar-refractivity contribution < 1.29 is 4.79 Å². The minimum atomic E-state index is -0.124. The molecule has 0 bridgehead atoms. The second-order valence-electron chi connectivity index (χ2n) is 5.09. The van der Waals surface area contributed by atoms with Crippen LogP contribution in [0.25, 0.3) is 11.8 Å². The largest absolute Gasteiger partial charge is 0.348 e. The lowest BCUT2D eigenvalue weighted by Gasteiger charge is -2.00. The molecule has 0 unspecified atom stereocenters. The molecule has 0 aliphatic rings. The number of benzene rings is 2. The van der Waals surface area contributed by atoms with Crippen LogP contribution in [0.1, 0.15) is 11.1 Å². The molecule has 0 spiro atoms. The molecule has 1 amide bonds. The zero-order chi connectivity index (χ0) is 15.9. The maximum absolute atomic E-state index is 11.8. The van der Waals surface area contributed by atoms with Crippen molar-refractivity contribution in [1.29, 1.82) is 0 Å². The molecule has 0 radical (unpaired) electrons. The lowest BCUT2D eigenvalue weighted by atomic mass is 10.2. The molecular formula is C19H17N3O. The van der Waals surface area contributed by atoms with Crippen LogP contribution < -0.4 is 5.32 Å². The van der Waals surface area contributed by atoms with E-state index in [1.165, 1.54) is 6.08 Å². The van der Waals surface area contributed by atoms with Gasteiger partial charge in [-0.05, 0) is 23.8 Å². The van der Waals surface area contributed by atoms with Crippen LogP contribution in [0.15, 0.2) is 79.1 Å². The Morgan fingerprint density at radius 2 is 1.74 bits per heavy atom. The van der Waals surface area contributed by atoms with Gasteiger partial charge in [0, 0.05) is 24.4 Å². The first-order valence-corrected chi connectivity index (χ1v) is 7.41. The van der Waals surface area contributed by atoms with Crippen molar-refractivity contribution in [2.24, 2.45) is 0 Å². The Hall–Kier alpha value is -3.14. The molecule has 0 aliphatic carbocycles. The minimum absolute atomic E-state index is 0.124. The smallest absolute Gasteiger partial charge is 0.244 e. The second kappa shape index (κ2) is 7.22. The summed E-state index contributed by atoms with van der Waals surface area (Å²) in [6, 6.07) is 19.6. The van der Waals surface area contributed by atoms with E-state index >= 15 is 0 Å². The molecule has 4 nitrogen and oxygen atoms in total. The number of nitrogens with one attached hydrogen (secondary N) is 1. The predicted octanol–water partition coefficient (Wildman–Crippen LogP) is 3.20. The second-order valence-corrected chi connectivity index (χ2v) is 5.09. The van der Waals surface area contributed by atoms with Crippen LogP contribution in [0.4, 0.5) is 0 Å². The molecule has 3 rings (SSSR count). The molecule has 0 saturated carbocycles. The quantitative estimate of drug-likeness (QED) is 0.736. The zero-order valence-electron chi connectivity index (χ0n) is 12.6. The molecule has 0 saturated heterocycles. The van der Waals surface area contributed by atoms with Gasteiger partial charge in [-0.25, -0.2) is 4.68 Å². The molecule has 1 heterocycles. The Bertz CT molecular complexity index is 792. The fourth-order valence-corrected chi connectivity index (χ4v) is 2.16. The maximum atomic E-state index is 11.8. The number of hydrogen-bond acceptors (Lipinski definition) is 2. The molecule has 1 aromatic heterocycles. The molecule has 1 N–H and O–H groups in total. The third kappa shape index (κ3) is 4.17. The van der Waals surface area contributed by atoms with E-state index in [0.29, 0.717) is 6.54 Å². The molecule has 0 atom stereocenters. The monoisotopic (exact) mass is 303 g/mol. The van der Waals surface area contributed by atoms with E-state index in [1.54, 1.807) is 17.0 Å². The van der Waals surface area contributed by atoms with Gasteiger partial charge in [-0.2, -0.15) is 5.10 Å². The molecule has 3 aromatic rings. The first kappa shape index (κ1) is 14.8. The van der Waals surface area contributed by atoms with E-state index in [2.05, 4.69) is 10.4 Å². The summed E-state index contributed by atoms with van der Waals surface area (Å²) in [4.78, 5) is 11.8. The Balaban J connectivity index is 1.55. The Kier molecular flexibility index (Phi) is 4.64. The summed E-state index contributed by atoms with van der Waals surface area (Å²) in [5.41, 5.74) is 2.95. The molecule has 114 valence electrons. The highest BCUT2D eigenvalue weighted by molar-refractivity contribution is 5.91. The lowest BCUT2D eigenvalue weighted by Crippen LogP contribution is -2.19. The summed E-state index contributed by atoms with van der Waals surface area (Å²) in [6.07, 6.45) is 7.00. The van der Waals surface area contributed by atoms with Crippen molar-refractivity contribution in [1.82, 2.24) is 15.1 Å². The number of para-hydroxylation sites is 1. The average Bonchev–Trinajstić information content (AvgIpc) is 3.09. The first-order chi connectivity index (χ1) is 11.3. The fourth-order valence-electron chi connectivity index (χ4n) is 2.16. The number of amides is 1. The van der Waals surface area contributed by atoms with E-state index in [0.717, 1.165) is 16.8 Å². The van der Waals surface area contributed by atoms with Crippen molar-refractivity contribution in [2.45, 2.75) is 6.54 Å². The van der Waals surface area contributed by atoms with E-state index in [1.807, 2.05) is 66.9 Å². The third-order valence-corrected chi connectivity index (χ3v) is 3.35. The average molecular weight is 303 g/mol. The maximum Gasteiger partial charge on any atom is 0.244 e. The van der Waals surface area contributed by atoms with Gasteiger partial charge in [0.15, 0.2) is 0 Å². The van der Waals surface area contributed by atoms with Crippen LogP contribution in [0.2, 0.25) is 0 Å². The molecule has 0 aliphatic heterocycles. The van der Waals surface area contributed by atoms with Gasteiger partial charge in [-0.15, -0.1) is 0 Å². The van der Waals surface area contributed by atoms with Crippen LogP contribution in [0, 0.1) is 0 Å². The number of rotatable bonds is 5. The summed E-state index contributed by atoms with van der Waals surface area (Å²) in [5, 5.41) is 7.16. The van der Waals surface area contributed by atoms with E-state index < -0.39 is 0 Å². The van der Waals surface area contributed by atoms with Crippen LogP contribution in [0.5, 0.6) is 0 Å². The normalized spacial score (nSPS) is 10.8. The molecule has 0 fully saturated rings. The Labute approximate surface area is 135 Å². The van der Waals surface area contributed by atoms with Gasteiger partial charge in [-0.1, -0.05) is 48.5 Å². The van der Waals surface area contributed by atoms with Crippen LogP contribution in [-0.4, -0.2) is 15.7 Å². The standard InChI is InChI=1S/C19H17N3O/c23-19(12-11-16-7-3-1-4-8-16)20-13-17-14-21-22(15-17)18-9-5-2-6-10-18/h1-12,14-15H,13H2,(H,20,23). The van der Waals surface area contributed by atoms with Gasteiger partial charge in [0.2, 0.25) is 5.91 Å². The fraction of sp³-hybridized carbons (Fsp3) is 0.0526. The van der Waals surface area contributed by atoms with Crippen molar-refractivity contribution in [3.8, 4) is 5.69 Å². The van der Waals surface area contributed by atoms with E-state index in [9.17, 15) is 4.79 Å².